The Morgan fingerprint density at radius 3 is 2.67 bits per heavy atom. The van der Waals surface area contributed by atoms with Crippen LogP contribution in [0.15, 0.2) is 0 Å². The van der Waals surface area contributed by atoms with Crippen molar-refractivity contribution in [3.63, 3.8) is 0 Å². The zero-order valence-corrected chi connectivity index (χ0v) is 10.5. The molecule has 7 nitrogen and oxygen atoms in total. The molecule has 2 rings (SSSR count). The summed E-state index contributed by atoms with van der Waals surface area (Å²) in [5.74, 6) is 0.507. The highest BCUT2D eigenvalue weighted by molar-refractivity contribution is 5.32. The molecule has 18 heavy (non-hydrogen) atoms. The third-order valence-corrected chi connectivity index (χ3v) is 3.44. The first-order chi connectivity index (χ1) is 8.67. The minimum Gasteiger partial charge on any atom is -0.467 e. The second kappa shape index (κ2) is 5.34. The predicted molar refractivity (Wildman–Crippen MR) is 67.3 cm³/mol. The van der Waals surface area contributed by atoms with Crippen LogP contribution in [0.1, 0.15) is 25.7 Å². The van der Waals surface area contributed by atoms with E-state index in [9.17, 15) is 5.11 Å². The molecule has 1 aromatic rings. The Kier molecular flexibility index (Phi) is 3.81. The van der Waals surface area contributed by atoms with Gasteiger partial charge in [-0.2, -0.15) is 15.0 Å². The zero-order chi connectivity index (χ0) is 13.0. The molecule has 0 bridgehead atoms. The van der Waals surface area contributed by atoms with E-state index in [1.54, 1.807) is 0 Å². The van der Waals surface area contributed by atoms with Crippen LogP contribution in [0.5, 0.6) is 6.01 Å². The molecule has 100 valence electrons. The summed E-state index contributed by atoms with van der Waals surface area (Å²) >= 11 is 0. The van der Waals surface area contributed by atoms with Crippen molar-refractivity contribution in [1.29, 1.82) is 0 Å². The molecule has 1 fully saturated rings. The van der Waals surface area contributed by atoms with Gasteiger partial charge in [0.25, 0.3) is 0 Å². The summed E-state index contributed by atoms with van der Waals surface area (Å²) in [5, 5.41) is 12.6. The van der Waals surface area contributed by atoms with Crippen molar-refractivity contribution in [2.45, 2.75) is 25.7 Å². The fourth-order valence-corrected chi connectivity index (χ4v) is 2.32. The maximum atomic E-state index is 9.51. The summed E-state index contributed by atoms with van der Waals surface area (Å²) < 4.78 is 4.93. The Hall–Kier alpha value is -1.63. The van der Waals surface area contributed by atoms with E-state index in [4.69, 9.17) is 10.5 Å². The molecule has 0 aliphatic heterocycles. The number of nitrogens with zero attached hydrogens (tertiary/aromatic N) is 3. The summed E-state index contributed by atoms with van der Waals surface area (Å²) in [6.45, 7) is 0.813. The third kappa shape index (κ3) is 2.79. The van der Waals surface area contributed by atoms with Crippen LogP contribution in [0.3, 0.4) is 0 Å². The number of anilines is 2. The summed E-state index contributed by atoms with van der Waals surface area (Å²) in [7, 11) is 1.48. The summed E-state index contributed by atoms with van der Waals surface area (Å²) in [5.41, 5.74) is 5.49. The number of aliphatic hydroxyl groups is 1. The molecular formula is C11H19N5O2. The SMILES string of the molecule is COc1nc(N)nc(NCC2(CO)CCCC2)n1. The molecule has 7 heteroatoms. The average molecular weight is 253 g/mol. The number of ether oxygens (including phenoxy) is 1. The van der Waals surface area contributed by atoms with E-state index in [1.807, 2.05) is 0 Å². The van der Waals surface area contributed by atoms with Gasteiger partial charge in [0, 0.05) is 12.0 Å². The molecule has 1 saturated carbocycles. The van der Waals surface area contributed by atoms with Gasteiger partial charge in [0.05, 0.1) is 13.7 Å². The molecule has 4 N–H and O–H groups in total. The zero-order valence-electron chi connectivity index (χ0n) is 10.5. The van der Waals surface area contributed by atoms with Gasteiger partial charge in [-0.1, -0.05) is 12.8 Å². The van der Waals surface area contributed by atoms with Gasteiger partial charge in [0.2, 0.25) is 11.9 Å². The van der Waals surface area contributed by atoms with Gasteiger partial charge in [-0.05, 0) is 12.8 Å². The van der Waals surface area contributed by atoms with Gasteiger partial charge in [-0.3, -0.25) is 0 Å². The molecule has 0 radical (unpaired) electrons. The molecule has 0 spiro atoms. The maximum Gasteiger partial charge on any atom is 0.322 e. The first kappa shape index (κ1) is 12.8. The summed E-state index contributed by atoms with van der Waals surface area (Å²) in [4.78, 5) is 11.9. The molecule has 1 aromatic heterocycles. The number of nitrogens with one attached hydrogen (secondary N) is 1. The monoisotopic (exact) mass is 253 g/mol. The number of aliphatic hydroxyl groups excluding tert-OH is 1. The van der Waals surface area contributed by atoms with Crippen molar-refractivity contribution in [3.8, 4) is 6.01 Å². The molecule has 1 aliphatic rings. The van der Waals surface area contributed by atoms with E-state index in [1.165, 1.54) is 7.11 Å². The van der Waals surface area contributed by atoms with E-state index in [0.29, 0.717) is 12.5 Å². The number of rotatable bonds is 5. The highest BCUT2D eigenvalue weighted by atomic mass is 16.5. The first-order valence-electron chi connectivity index (χ1n) is 6.08. The molecule has 0 aromatic carbocycles. The topological polar surface area (TPSA) is 106 Å². The van der Waals surface area contributed by atoms with Crippen LogP contribution in [0, 0.1) is 5.41 Å². The van der Waals surface area contributed by atoms with Crippen molar-refractivity contribution in [1.82, 2.24) is 15.0 Å². The van der Waals surface area contributed by atoms with Crippen LogP contribution >= 0.6 is 0 Å². The fourth-order valence-electron chi connectivity index (χ4n) is 2.32. The van der Waals surface area contributed by atoms with Gasteiger partial charge < -0.3 is 20.9 Å². The van der Waals surface area contributed by atoms with Crippen LogP contribution in [0.25, 0.3) is 0 Å². The van der Waals surface area contributed by atoms with Crippen LogP contribution in [-0.2, 0) is 0 Å². The van der Waals surface area contributed by atoms with Crippen molar-refractivity contribution in [2.24, 2.45) is 5.41 Å². The van der Waals surface area contributed by atoms with E-state index in [0.717, 1.165) is 25.7 Å². The highest BCUT2D eigenvalue weighted by Crippen LogP contribution is 2.37. The lowest BCUT2D eigenvalue weighted by Gasteiger charge is -2.26. The minimum absolute atomic E-state index is 0.0609. The quantitative estimate of drug-likeness (QED) is 0.698. The Morgan fingerprint density at radius 2 is 2.06 bits per heavy atom. The second-order valence-corrected chi connectivity index (χ2v) is 4.72. The number of nitrogen functional groups attached to an aromatic ring is 1. The van der Waals surface area contributed by atoms with E-state index >= 15 is 0 Å². The van der Waals surface area contributed by atoms with Gasteiger partial charge in [0.1, 0.15) is 0 Å². The van der Waals surface area contributed by atoms with E-state index < -0.39 is 0 Å². The Labute approximate surface area is 106 Å². The molecule has 1 heterocycles. The number of hydrogen-bond acceptors (Lipinski definition) is 7. The normalized spacial score (nSPS) is 17.7. The predicted octanol–water partition coefficient (Wildman–Crippen LogP) is 0.427. The van der Waals surface area contributed by atoms with E-state index in [-0.39, 0.29) is 24.0 Å². The van der Waals surface area contributed by atoms with Gasteiger partial charge in [0.15, 0.2) is 0 Å². The van der Waals surface area contributed by atoms with Crippen LogP contribution in [-0.4, -0.2) is 40.3 Å². The van der Waals surface area contributed by atoms with Gasteiger partial charge in [-0.25, -0.2) is 0 Å². The number of methoxy groups -OCH3 is 1. The number of hydrogen-bond donors (Lipinski definition) is 3. The van der Waals surface area contributed by atoms with Crippen molar-refractivity contribution < 1.29 is 9.84 Å². The van der Waals surface area contributed by atoms with Crippen molar-refractivity contribution >= 4 is 11.9 Å². The van der Waals surface area contributed by atoms with Crippen LogP contribution < -0.4 is 15.8 Å². The Balaban J connectivity index is 2.03. The van der Waals surface area contributed by atoms with Crippen LogP contribution in [0.4, 0.5) is 11.9 Å². The first-order valence-corrected chi connectivity index (χ1v) is 6.08. The number of aromatic nitrogens is 3. The molecular weight excluding hydrogens is 234 g/mol. The fraction of sp³-hybridized carbons (Fsp3) is 0.727. The maximum absolute atomic E-state index is 9.51. The molecule has 0 saturated heterocycles. The molecule has 0 unspecified atom stereocenters. The lowest BCUT2D eigenvalue weighted by atomic mass is 9.87. The Morgan fingerprint density at radius 1 is 1.33 bits per heavy atom. The lowest BCUT2D eigenvalue weighted by Crippen LogP contribution is -2.31. The Bertz CT molecular complexity index is 406. The lowest BCUT2D eigenvalue weighted by molar-refractivity contribution is 0.142. The third-order valence-electron chi connectivity index (χ3n) is 3.44. The van der Waals surface area contributed by atoms with E-state index in [2.05, 4.69) is 20.3 Å². The minimum atomic E-state index is -0.0609. The highest BCUT2D eigenvalue weighted by Gasteiger charge is 2.33. The summed E-state index contributed by atoms with van der Waals surface area (Å²) in [6, 6.07) is 0.189. The summed E-state index contributed by atoms with van der Waals surface area (Å²) in [6.07, 6.45) is 4.36. The van der Waals surface area contributed by atoms with Gasteiger partial charge >= 0.3 is 6.01 Å². The largest absolute Gasteiger partial charge is 0.467 e. The standard InChI is InChI=1S/C11H19N5O2/c1-18-10-15-8(12)14-9(16-10)13-6-11(7-17)4-2-3-5-11/h17H,2-7H2,1H3,(H3,12,13,14,15,16). The van der Waals surface area contributed by atoms with Crippen LogP contribution in [0.2, 0.25) is 0 Å². The molecule has 0 amide bonds. The van der Waals surface area contributed by atoms with Crippen molar-refractivity contribution in [3.05, 3.63) is 0 Å². The van der Waals surface area contributed by atoms with Crippen molar-refractivity contribution in [2.75, 3.05) is 31.3 Å². The molecule has 1 aliphatic carbocycles. The van der Waals surface area contributed by atoms with Gasteiger partial charge in [-0.15, -0.1) is 0 Å². The smallest absolute Gasteiger partial charge is 0.322 e. The average Bonchev–Trinajstić information content (AvgIpc) is 2.85. The number of nitrogens with two attached hydrogens (primary N) is 1. The molecule has 0 atom stereocenters. The second-order valence-electron chi connectivity index (χ2n) is 4.72.